The monoisotopic (exact) mass is 566 g/mol. The van der Waals surface area contributed by atoms with Gasteiger partial charge in [0, 0.05) is 0 Å². The summed E-state index contributed by atoms with van der Waals surface area (Å²) in [6.45, 7) is 6.32. The van der Waals surface area contributed by atoms with Crippen molar-refractivity contribution < 1.29 is 19.1 Å². The van der Waals surface area contributed by atoms with Crippen LogP contribution in [0.2, 0.25) is 0 Å². The van der Waals surface area contributed by atoms with Gasteiger partial charge in [-0.2, -0.15) is 0 Å². The number of ether oxygens (including phenoxy) is 1. The maximum absolute atomic E-state index is 13.1. The lowest BCUT2D eigenvalue weighted by molar-refractivity contribution is -0.122. The molecule has 1 fully saturated rings. The van der Waals surface area contributed by atoms with Crippen LogP contribution in [0.25, 0.3) is 6.08 Å². The van der Waals surface area contributed by atoms with Gasteiger partial charge in [0.2, 0.25) is 0 Å². The second kappa shape index (κ2) is 9.80. The van der Waals surface area contributed by atoms with Crippen molar-refractivity contribution in [3.8, 4) is 5.75 Å². The SMILES string of the molecule is Cc1ccc(COc2ccc(/C=C3\C(=O)NC(=O)N(c4ccc(C)c(C)c4)C3=O)cc2I)cc1. The van der Waals surface area contributed by atoms with Gasteiger partial charge in [0.15, 0.2) is 0 Å². The number of carbonyl (C=O) groups excluding carboxylic acids is 3. The Morgan fingerprint density at radius 3 is 2.32 bits per heavy atom. The fourth-order valence-corrected chi connectivity index (χ4v) is 4.19. The summed E-state index contributed by atoms with van der Waals surface area (Å²) in [6, 6.07) is 18.1. The highest BCUT2D eigenvalue weighted by Gasteiger charge is 2.36. The number of nitrogens with zero attached hydrogens (tertiary/aromatic N) is 1. The molecule has 1 N–H and O–H groups in total. The molecule has 3 aromatic carbocycles. The van der Waals surface area contributed by atoms with Crippen LogP contribution in [0, 0.1) is 24.3 Å². The lowest BCUT2D eigenvalue weighted by Gasteiger charge is -2.26. The summed E-state index contributed by atoms with van der Waals surface area (Å²) in [5.74, 6) is -0.675. The summed E-state index contributed by atoms with van der Waals surface area (Å²) in [6.07, 6.45) is 1.49. The molecule has 1 saturated heterocycles. The first kappa shape index (κ1) is 23.7. The topological polar surface area (TPSA) is 75.7 Å². The Kier molecular flexibility index (Phi) is 6.83. The average Bonchev–Trinajstić information content (AvgIpc) is 2.79. The van der Waals surface area contributed by atoms with Gasteiger partial charge in [-0.3, -0.25) is 14.9 Å². The zero-order valence-corrected chi connectivity index (χ0v) is 21.2. The molecule has 0 aromatic heterocycles. The number of carbonyl (C=O) groups is 3. The number of amides is 4. The average molecular weight is 566 g/mol. The largest absolute Gasteiger partial charge is 0.488 e. The van der Waals surface area contributed by atoms with Crippen molar-refractivity contribution in [1.29, 1.82) is 0 Å². The Balaban J connectivity index is 1.56. The minimum atomic E-state index is -0.759. The van der Waals surface area contributed by atoms with E-state index in [2.05, 4.69) is 27.9 Å². The van der Waals surface area contributed by atoms with Crippen LogP contribution in [-0.2, 0) is 16.2 Å². The van der Waals surface area contributed by atoms with E-state index in [4.69, 9.17) is 4.74 Å². The van der Waals surface area contributed by atoms with Crippen molar-refractivity contribution in [1.82, 2.24) is 5.32 Å². The third-order valence-electron chi connectivity index (χ3n) is 5.63. The number of aryl methyl sites for hydroxylation is 3. The number of benzene rings is 3. The lowest BCUT2D eigenvalue weighted by atomic mass is 10.1. The molecular formula is C27H23IN2O4. The highest BCUT2D eigenvalue weighted by Crippen LogP contribution is 2.27. The molecule has 34 heavy (non-hydrogen) atoms. The molecule has 1 heterocycles. The van der Waals surface area contributed by atoms with Gasteiger partial charge in [-0.15, -0.1) is 0 Å². The molecule has 3 aromatic rings. The number of imide groups is 2. The number of anilines is 1. The highest BCUT2D eigenvalue weighted by atomic mass is 127. The van der Waals surface area contributed by atoms with Crippen molar-refractivity contribution in [2.45, 2.75) is 27.4 Å². The fourth-order valence-electron chi connectivity index (χ4n) is 3.49. The van der Waals surface area contributed by atoms with E-state index in [9.17, 15) is 14.4 Å². The molecule has 0 atom stereocenters. The number of nitrogens with one attached hydrogen (secondary N) is 1. The molecule has 0 saturated carbocycles. The Bertz CT molecular complexity index is 1330. The lowest BCUT2D eigenvalue weighted by Crippen LogP contribution is -2.54. The number of hydrogen-bond donors (Lipinski definition) is 1. The minimum Gasteiger partial charge on any atom is -0.488 e. The molecule has 1 aliphatic heterocycles. The van der Waals surface area contributed by atoms with Gasteiger partial charge in [-0.1, -0.05) is 42.0 Å². The van der Waals surface area contributed by atoms with Crippen molar-refractivity contribution in [2.24, 2.45) is 0 Å². The summed E-state index contributed by atoms with van der Waals surface area (Å²) in [5.41, 5.74) is 5.19. The van der Waals surface area contributed by atoms with Crippen molar-refractivity contribution in [3.63, 3.8) is 0 Å². The summed E-state index contributed by atoms with van der Waals surface area (Å²) in [4.78, 5) is 39.0. The predicted molar refractivity (Wildman–Crippen MR) is 140 cm³/mol. The van der Waals surface area contributed by atoms with Crippen LogP contribution >= 0.6 is 22.6 Å². The highest BCUT2D eigenvalue weighted by molar-refractivity contribution is 14.1. The van der Waals surface area contributed by atoms with E-state index in [0.29, 0.717) is 23.6 Å². The Labute approximate surface area is 211 Å². The molecule has 4 amide bonds. The molecular weight excluding hydrogens is 543 g/mol. The van der Waals surface area contributed by atoms with E-state index < -0.39 is 17.8 Å². The maximum atomic E-state index is 13.1. The Hall–Kier alpha value is -3.46. The minimum absolute atomic E-state index is 0.109. The molecule has 6 nitrogen and oxygen atoms in total. The standard InChI is InChI=1S/C27H23IN2O4/c1-16-4-7-19(8-5-16)15-34-24-11-9-20(14-23(24)28)13-22-25(31)29-27(33)30(26(22)32)21-10-6-17(2)18(3)12-21/h4-14H,15H2,1-3H3,(H,29,31,33)/b22-13+. The van der Waals surface area contributed by atoms with Crippen LogP contribution in [0.3, 0.4) is 0 Å². The molecule has 172 valence electrons. The van der Waals surface area contributed by atoms with Gasteiger partial charge in [0.1, 0.15) is 17.9 Å². The number of rotatable bonds is 5. The number of urea groups is 1. The molecule has 0 spiro atoms. The normalized spacial score (nSPS) is 15.0. The molecule has 0 bridgehead atoms. The Morgan fingerprint density at radius 2 is 1.65 bits per heavy atom. The molecule has 4 rings (SSSR count). The molecule has 0 radical (unpaired) electrons. The van der Waals surface area contributed by atoms with Crippen LogP contribution in [0.15, 0.2) is 66.2 Å². The second-order valence-electron chi connectivity index (χ2n) is 8.19. The van der Waals surface area contributed by atoms with Gasteiger partial charge in [-0.05, 0) is 96.0 Å². The second-order valence-corrected chi connectivity index (χ2v) is 9.35. The van der Waals surface area contributed by atoms with Crippen molar-refractivity contribution in [3.05, 3.63) is 97.6 Å². The first-order chi connectivity index (χ1) is 16.2. The number of barbiturate groups is 1. The summed E-state index contributed by atoms with van der Waals surface area (Å²) in [7, 11) is 0. The smallest absolute Gasteiger partial charge is 0.335 e. The van der Waals surface area contributed by atoms with Crippen LogP contribution in [0.4, 0.5) is 10.5 Å². The van der Waals surface area contributed by atoms with E-state index in [-0.39, 0.29) is 5.57 Å². The van der Waals surface area contributed by atoms with E-state index in [1.807, 2.05) is 57.2 Å². The van der Waals surface area contributed by atoms with E-state index in [0.717, 1.165) is 25.2 Å². The van der Waals surface area contributed by atoms with Crippen molar-refractivity contribution >= 4 is 52.2 Å². The van der Waals surface area contributed by atoms with Gasteiger partial charge < -0.3 is 4.74 Å². The fraction of sp³-hybridized carbons (Fsp3) is 0.148. The van der Waals surface area contributed by atoms with E-state index >= 15 is 0 Å². The van der Waals surface area contributed by atoms with Gasteiger partial charge in [0.05, 0.1) is 9.26 Å². The van der Waals surface area contributed by atoms with E-state index in [1.54, 1.807) is 24.3 Å². The van der Waals surface area contributed by atoms with Gasteiger partial charge >= 0.3 is 6.03 Å². The van der Waals surface area contributed by atoms with Crippen molar-refractivity contribution in [2.75, 3.05) is 4.90 Å². The first-order valence-electron chi connectivity index (χ1n) is 10.7. The summed E-state index contributed by atoms with van der Waals surface area (Å²) < 4.78 is 6.77. The predicted octanol–water partition coefficient (Wildman–Crippen LogP) is 5.46. The van der Waals surface area contributed by atoms with Crippen LogP contribution in [-0.4, -0.2) is 17.8 Å². The molecule has 1 aliphatic rings. The molecule has 0 aliphatic carbocycles. The zero-order chi connectivity index (χ0) is 24.4. The van der Waals surface area contributed by atoms with Crippen LogP contribution < -0.4 is 15.0 Å². The quantitative estimate of drug-likeness (QED) is 0.253. The third kappa shape index (κ3) is 5.04. The zero-order valence-electron chi connectivity index (χ0n) is 19.0. The first-order valence-corrected chi connectivity index (χ1v) is 11.8. The number of halogens is 1. The Morgan fingerprint density at radius 1 is 0.912 bits per heavy atom. The molecule has 7 heteroatoms. The van der Waals surface area contributed by atoms with E-state index in [1.165, 1.54) is 11.6 Å². The maximum Gasteiger partial charge on any atom is 0.335 e. The van der Waals surface area contributed by atoms with Crippen LogP contribution in [0.1, 0.15) is 27.8 Å². The van der Waals surface area contributed by atoms with Gasteiger partial charge in [-0.25, -0.2) is 9.69 Å². The third-order valence-corrected chi connectivity index (χ3v) is 6.48. The van der Waals surface area contributed by atoms with Gasteiger partial charge in [0.25, 0.3) is 11.8 Å². The summed E-state index contributed by atoms with van der Waals surface area (Å²) >= 11 is 2.16. The van der Waals surface area contributed by atoms with Crippen LogP contribution in [0.5, 0.6) is 5.75 Å². The number of hydrogen-bond acceptors (Lipinski definition) is 4. The molecule has 0 unspecified atom stereocenters. The summed E-state index contributed by atoms with van der Waals surface area (Å²) in [5, 5.41) is 2.26.